The Labute approximate surface area is 107 Å². The van der Waals surface area contributed by atoms with Gasteiger partial charge < -0.3 is 9.84 Å². The van der Waals surface area contributed by atoms with Crippen molar-refractivity contribution in [1.29, 1.82) is 0 Å². The van der Waals surface area contributed by atoms with Gasteiger partial charge in [-0.1, -0.05) is 12.1 Å². The standard InChI is InChI=1S/C15H17NO2/c1-11-6-7-13(9-12(11)2)18-10-15(17)14-5-3-4-8-16-14/h3-9,15,17H,10H2,1-2H3. The third-order valence-electron chi connectivity index (χ3n) is 2.92. The van der Waals surface area contributed by atoms with Crippen molar-refractivity contribution >= 4 is 0 Å². The van der Waals surface area contributed by atoms with E-state index in [-0.39, 0.29) is 6.61 Å². The van der Waals surface area contributed by atoms with Crippen LogP contribution in [0.4, 0.5) is 0 Å². The van der Waals surface area contributed by atoms with Crippen LogP contribution in [0.3, 0.4) is 0 Å². The molecule has 0 aliphatic rings. The largest absolute Gasteiger partial charge is 0.490 e. The molecule has 2 rings (SSSR count). The summed E-state index contributed by atoms with van der Waals surface area (Å²) in [6.07, 6.45) is 0.960. The third kappa shape index (κ3) is 3.08. The van der Waals surface area contributed by atoms with Crippen LogP contribution >= 0.6 is 0 Å². The highest BCUT2D eigenvalue weighted by atomic mass is 16.5. The maximum Gasteiger partial charge on any atom is 0.130 e. The zero-order chi connectivity index (χ0) is 13.0. The van der Waals surface area contributed by atoms with Crippen molar-refractivity contribution in [2.24, 2.45) is 0 Å². The molecule has 3 heteroatoms. The maximum atomic E-state index is 9.92. The SMILES string of the molecule is Cc1ccc(OCC(O)c2ccccn2)cc1C. The molecule has 0 fully saturated rings. The number of aliphatic hydroxyl groups is 1. The summed E-state index contributed by atoms with van der Waals surface area (Å²) in [7, 11) is 0. The summed E-state index contributed by atoms with van der Waals surface area (Å²) in [5.74, 6) is 0.771. The van der Waals surface area contributed by atoms with Gasteiger partial charge in [-0.2, -0.15) is 0 Å². The molecule has 3 nitrogen and oxygen atoms in total. The van der Waals surface area contributed by atoms with Crippen LogP contribution in [0, 0.1) is 13.8 Å². The molecule has 1 aromatic heterocycles. The van der Waals surface area contributed by atoms with Gasteiger partial charge in [-0.05, 0) is 49.2 Å². The lowest BCUT2D eigenvalue weighted by Gasteiger charge is -2.12. The van der Waals surface area contributed by atoms with Gasteiger partial charge in [0.1, 0.15) is 18.5 Å². The first-order chi connectivity index (χ1) is 8.66. The van der Waals surface area contributed by atoms with Gasteiger partial charge in [0.2, 0.25) is 0 Å². The lowest BCUT2D eigenvalue weighted by molar-refractivity contribution is 0.104. The second-order valence-corrected chi connectivity index (χ2v) is 4.33. The van der Waals surface area contributed by atoms with Gasteiger partial charge in [0, 0.05) is 6.20 Å². The van der Waals surface area contributed by atoms with Crippen LogP contribution < -0.4 is 4.74 Å². The monoisotopic (exact) mass is 243 g/mol. The van der Waals surface area contributed by atoms with Crippen molar-refractivity contribution in [3.8, 4) is 5.75 Å². The van der Waals surface area contributed by atoms with E-state index in [9.17, 15) is 5.11 Å². The molecular formula is C15H17NO2. The molecule has 2 aromatic rings. The topological polar surface area (TPSA) is 42.4 Å². The molecule has 0 saturated carbocycles. The fourth-order valence-corrected chi connectivity index (χ4v) is 1.64. The summed E-state index contributed by atoms with van der Waals surface area (Å²) in [6, 6.07) is 11.3. The minimum atomic E-state index is -0.701. The second kappa shape index (κ2) is 5.65. The Kier molecular flexibility index (Phi) is 3.95. The van der Waals surface area contributed by atoms with E-state index < -0.39 is 6.10 Å². The minimum absolute atomic E-state index is 0.208. The molecule has 1 unspecified atom stereocenters. The van der Waals surface area contributed by atoms with E-state index in [1.54, 1.807) is 12.3 Å². The molecule has 0 radical (unpaired) electrons. The fourth-order valence-electron chi connectivity index (χ4n) is 1.64. The number of aryl methyl sites for hydroxylation is 2. The van der Waals surface area contributed by atoms with Crippen LogP contribution in [-0.2, 0) is 0 Å². The Morgan fingerprint density at radius 3 is 2.67 bits per heavy atom. The minimum Gasteiger partial charge on any atom is -0.490 e. The lowest BCUT2D eigenvalue weighted by Crippen LogP contribution is -2.11. The van der Waals surface area contributed by atoms with E-state index in [0.29, 0.717) is 5.69 Å². The number of ether oxygens (including phenoxy) is 1. The van der Waals surface area contributed by atoms with E-state index in [1.807, 2.05) is 37.3 Å². The van der Waals surface area contributed by atoms with Crippen LogP contribution in [0.25, 0.3) is 0 Å². The summed E-state index contributed by atoms with van der Waals surface area (Å²) in [5, 5.41) is 9.92. The summed E-state index contributed by atoms with van der Waals surface area (Å²) >= 11 is 0. The van der Waals surface area contributed by atoms with Gasteiger partial charge in [0.15, 0.2) is 0 Å². The number of aliphatic hydroxyl groups excluding tert-OH is 1. The molecular weight excluding hydrogens is 226 g/mol. The second-order valence-electron chi connectivity index (χ2n) is 4.33. The molecule has 1 heterocycles. The van der Waals surface area contributed by atoms with Gasteiger partial charge >= 0.3 is 0 Å². The lowest BCUT2D eigenvalue weighted by atomic mass is 10.1. The highest BCUT2D eigenvalue weighted by Crippen LogP contribution is 2.18. The Balaban J connectivity index is 1.97. The van der Waals surface area contributed by atoms with Crippen LogP contribution in [0.15, 0.2) is 42.6 Å². The number of pyridine rings is 1. The number of benzene rings is 1. The molecule has 0 bridgehead atoms. The molecule has 0 aliphatic heterocycles. The number of hydrogen-bond donors (Lipinski definition) is 1. The van der Waals surface area contributed by atoms with Gasteiger partial charge in [-0.25, -0.2) is 0 Å². The van der Waals surface area contributed by atoms with Crippen molar-refractivity contribution in [2.45, 2.75) is 20.0 Å². The van der Waals surface area contributed by atoms with Crippen LogP contribution in [0.5, 0.6) is 5.75 Å². The number of nitrogens with zero attached hydrogens (tertiary/aromatic N) is 1. The first-order valence-electron chi connectivity index (χ1n) is 5.96. The summed E-state index contributed by atoms with van der Waals surface area (Å²) < 4.78 is 5.57. The molecule has 18 heavy (non-hydrogen) atoms. The van der Waals surface area contributed by atoms with Gasteiger partial charge in [-0.15, -0.1) is 0 Å². The van der Waals surface area contributed by atoms with E-state index in [0.717, 1.165) is 5.75 Å². The maximum absolute atomic E-state index is 9.92. The van der Waals surface area contributed by atoms with Crippen molar-refractivity contribution in [3.05, 3.63) is 59.4 Å². The molecule has 1 aromatic carbocycles. The van der Waals surface area contributed by atoms with Crippen molar-refractivity contribution < 1.29 is 9.84 Å². The predicted octanol–water partition coefficient (Wildman–Crippen LogP) is 2.81. The van der Waals surface area contributed by atoms with Crippen molar-refractivity contribution in [3.63, 3.8) is 0 Å². The molecule has 0 saturated heterocycles. The normalized spacial score (nSPS) is 12.2. The Morgan fingerprint density at radius 1 is 1.17 bits per heavy atom. The van der Waals surface area contributed by atoms with Crippen LogP contribution in [0.1, 0.15) is 22.9 Å². The van der Waals surface area contributed by atoms with E-state index in [4.69, 9.17) is 4.74 Å². The average Bonchev–Trinajstić information content (AvgIpc) is 2.41. The Hall–Kier alpha value is -1.87. The quantitative estimate of drug-likeness (QED) is 0.897. The summed E-state index contributed by atoms with van der Waals surface area (Å²) in [6.45, 7) is 4.30. The number of rotatable bonds is 4. The zero-order valence-electron chi connectivity index (χ0n) is 10.6. The summed E-state index contributed by atoms with van der Waals surface area (Å²) in [4.78, 5) is 4.09. The van der Waals surface area contributed by atoms with E-state index in [2.05, 4.69) is 11.9 Å². The molecule has 0 spiro atoms. The first-order valence-corrected chi connectivity index (χ1v) is 5.96. The van der Waals surface area contributed by atoms with Crippen molar-refractivity contribution in [2.75, 3.05) is 6.61 Å². The molecule has 1 N–H and O–H groups in total. The van der Waals surface area contributed by atoms with Crippen LogP contribution in [0.2, 0.25) is 0 Å². The summed E-state index contributed by atoms with van der Waals surface area (Å²) in [5.41, 5.74) is 3.04. The van der Waals surface area contributed by atoms with Crippen LogP contribution in [-0.4, -0.2) is 16.7 Å². The highest BCUT2D eigenvalue weighted by Gasteiger charge is 2.09. The van der Waals surface area contributed by atoms with Gasteiger partial charge in [0.25, 0.3) is 0 Å². The molecule has 0 aliphatic carbocycles. The van der Waals surface area contributed by atoms with Gasteiger partial charge in [-0.3, -0.25) is 4.98 Å². The molecule has 94 valence electrons. The Morgan fingerprint density at radius 2 is 2.00 bits per heavy atom. The average molecular weight is 243 g/mol. The number of hydrogen-bond acceptors (Lipinski definition) is 3. The molecule has 0 amide bonds. The Bertz CT molecular complexity index is 511. The van der Waals surface area contributed by atoms with Gasteiger partial charge in [0.05, 0.1) is 5.69 Å². The smallest absolute Gasteiger partial charge is 0.130 e. The zero-order valence-corrected chi connectivity index (χ0v) is 10.6. The fraction of sp³-hybridized carbons (Fsp3) is 0.267. The first kappa shape index (κ1) is 12.6. The molecule has 1 atom stereocenters. The third-order valence-corrected chi connectivity index (χ3v) is 2.92. The number of aromatic nitrogens is 1. The van der Waals surface area contributed by atoms with Crippen molar-refractivity contribution in [1.82, 2.24) is 4.98 Å². The van der Waals surface area contributed by atoms with E-state index in [1.165, 1.54) is 11.1 Å². The van der Waals surface area contributed by atoms with E-state index >= 15 is 0 Å². The predicted molar refractivity (Wildman–Crippen MR) is 70.6 cm³/mol. The highest BCUT2D eigenvalue weighted by molar-refractivity contribution is 5.33.